The van der Waals surface area contributed by atoms with Gasteiger partial charge in [-0.1, -0.05) is 23.7 Å². The summed E-state index contributed by atoms with van der Waals surface area (Å²) in [5, 5.41) is 9.71. The summed E-state index contributed by atoms with van der Waals surface area (Å²) in [5.41, 5.74) is 4.18. The minimum atomic E-state index is -0.915. The van der Waals surface area contributed by atoms with Crippen LogP contribution in [0.2, 0.25) is 5.02 Å². The van der Waals surface area contributed by atoms with Gasteiger partial charge in [0, 0.05) is 23.4 Å². The van der Waals surface area contributed by atoms with E-state index in [9.17, 15) is 9.59 Å². The summed E-state index contributed by atoms with van der Waals surface area (Å²) in [6, 6.07) is 18.2. The van der Waals surface area contributed by atoms with Crippen molar-refractivity contribution >= 4 is 34.9 Å². The molecule has 1 atom stereocenters. The second-order valence-electron chi connectivity index (χ2n) is 9.03. The van der Waals surface area contributed by atoms with Crippen LogP contribution >= 0.6 is 11.6 Å². The molecular weight excluding hydrogens is 480 g/mol. The number of hydrogen-bond acceptors (Lipinski definition) is 5. The Kier molecular flexibility index (Phi) is 7.40. The highest BCUT2D eigenvalue weighted by Crippen LogP contribution is 2.44. The van der Waals surface area contributed by atoms with E-state index >= 15 is 0 Å². The lowest BCUT2D eigenvalue weighted by molar-refractivity contribution is -0.135. The summed E-state index contributed by atoms with van der Waals surface area (Å²) in [6.45, 7) is 3.78. The number of benzene rings is 3. The number of carboxylic acids is 1. The van der Waals surface area contributed by atoms with Crippen LogP contribution in [-0.2, 0) is 16.0 Å². The van der Waals surface area contributed by atoms with Gasteiger partial charge < -0.3 is 24.4 Å². The van der Waals surface area contributed by atoms with Crippen molar-refractivity contribution in [2.24, 2.45) is 0 Å². The number of rotatable bonds is 8. The molecule has 4 rings (SSSR count). The first-order valence-electron chi connectivity index (χ1n) is 11.7. The summed E-state index contributed by atoms with van der Waals surface area (Å²) >= 11 is 6.17. The molecule has 188 valence electrons. The summed E-state index contributed by atoms with van der Waals surface area (Å²) in [6.07, 6.45) is 0.154. The van der Waals surface area contributed by atoms with Crippen LogP contribution in [0.5, 0.6) is 11.5 Å². The van der Waals surface area contributed by atoms with Crippen molar-refractivity contribution in [2.75, 3.05) is 30.5 Å². The fourth-order valence-corrected chi connectivity index (χ4v) is 4.62. The normalized spacial score (nSPS) is 15.0. The van der Waals surface area contributed by atoms with Crippen molar-refractivity contribution in [3.63, 3.8) is 0 Å². The van der Waals surface area contributed by atoms with E-state index in [1.807, 2.05) is 74.5 Å². The lowest BCUT2D eigenvalue weighted by Crippen LogP contribution is -2.41. The van der Waals surface area contributed by atoms with Crippen molar-refractivity contribution in [3.8, 4) is 11.5 Å². The smallest absolute Gasteiger partial charge is 0.323 e. The number of carboxylic acid groups (broad SMARTS) is 1. The highest BCUT2D eigenvalue weighted by Gasteiger charge is 2.36. The van der Waals surface area contributed by atoms with Crippen LogP contribution in [0, 0.1) is 0 Å². The minimum Gasteiger partial charge on any atom is -0.493 e. The Hall–Kier alpha value is -3.71. The fourth-order valence-electron chi connectivity index (χ4n) is 4.49. The molecule has 3 aromatic carbocycles. The van der Waals surface area contributed by atoms with E-state index in [1.54, 1.807) is 24.0 Å². The van der Waals surface area contributed by atoms with Gasteiger partial charge in [-0.25, -0.2) is 0 Å². The molecule has 8 heteroatoms. The van der Waals surface area contributed by atoms with Gasteiger partial charge in [0.05, 0.1) is 25.7 Å². The molecule has 0 aliphatic carbocycles. The quantitative estimate of drug-likeness (QED) is 0.442. The predicted octanol–water partition coefficient (Wildman–Crippen LogP) is 5.34. The first kappa shape index (κ1) is 25.4. The minimum absolute atomic E-state index is 0.0532. The predicted molar refractivity (Wildman–Crippen MR) is 141 cm³/mol. The first-order valence-corrected chi connectivity index (χ1v) is 12.0. The number of methoxy groups -OCH3 is 1. The number of carbonyl (C=O) groups is 2. The third-order valence-corrected chi connectivity index (χ3v) is 6.33. The van der Waals surface area contributed by atoms with Gasteiger partial charge >= 0.3 is 5.97 Å². The highest BCUT2D eigenvalue weighted by atomic mass is 35.5. The fraction of sp³-hybridized carbons (Fsp3) is 0.286. The zero-order valence-corrected chi connectivity index (χ0v) is 21.5. The molecule has 0 saturated carbocycles. The maximum absolute atomic E-state index is 13.6. The van der Waals surface area contributed by atoms with Crippen LogP contribution in [-0.4, -0.2) is 43.8 Å². The molecular formula is C28H29ClN2O5. The molecule has 3 aromatic rings. The van der Waals surface area contributed by atoms with Gasteiger partial charge in [-0.15, -0.1) is 0 Å². The number of halogens is 1. The molecule has 1 amide bonds. The molecule has 0 saturated heterocycles. The third kappa shape index (κ3) is 5.26. The molecule has 36 heavy (non-hydrogen) atoms. The Balaban J connectivity index is 1.83. The lowest BCUT2D eigenvalue weighted by atomic mass is 9.86. The Bertz CT molecular complexity index is 1260. The molecule has 0 spiro atoms. The van der Waals surface area contributed by atoms with Gasteiger partial charge in [0.2, 0.25) is 5.91 Å². The van der Waals surface area contributed by atoms with Crippen LogP contribution in [0.25, 0.3) is 0 Å². The number of ether oxygens (including phenoxy) is 2. The average Bonchev–Trinajstić information content (AvgIpc) is 2.83. The maximum Gasteiger partial charge on any atom is 0.323 e. The second-order valence-corrected chi connectivity index (χ2v) is 9.47. The van der Waals surface area contributed by atoms with Crippen molar-refractivity contribution < 1.29 is 24.2 Å². The topological polar surface area (TPSA) is 79.3 Å². The number of carbonyl (C=O) groups excluding carboxylic acids is 1. The van der Waals surface area contributed by atoms with Crippen molar-refractivity contribution in [3.05, 3.63) is 82.4 Å². The average molecular weight is 509 g/mol. The standard InChI is InChI=1S/C28H29ClN2O5/c1-17(2)36-25-15-23-19(13-24(25)35-4)14-26(32)31(28(23)18-5-7-20(29)8-6-18)22-11-9-21(10-12-22)30(3)16-27(33)34/h5-13,15,17,28H,14,16H2,1-4H3,(H,33,34)/t28-/m0/s1. The van der Waals surface area contributed by atoms with E-state index in [4.69, 9.17) is 26.2 Å². The Morgan fingerprint density at radius 2 is 1.78 bits per heavy atom. The van der Waals surface area contributed by atoms with Gasteiger partial charge in [-0.05, 0) is 79.1 Å². The van der Waals surface area contributed by atoms with Crippen molar-refractivity contribution in [1.29, 1.82) is 0 Å². The molecule has 1 aliphatic heterocycles. The number of fused-ring (bicyclic) bond motifs is 1. The molecule has 0 unspecified atom stereocenters. The van der Waals surface area contributed by atoms with Crippen LogP contribution in [0.1, 0.15) is 36.6 Å². The van der Waals surface area contributed by atoms with Gasteiger partial charge in [0.15, 0.2) is 11.5 Å². The van der Waals surface area contributed by atoms with Gasteiger partial charge in [0.1, 0.15) is 6.54 Å². The number of amides is 1. The number of anilines is 2. The monoisotopic (exact) mass is 508 g/mol. The molecule has 0 bridgehead atoms. The molecule has 1 aliphatic rings. The zero-order valence-electron chi connectivity index (χ0n) is 20.7. The number of hydrogen-bond donors (Lipinski definition) is 1. The maximum atomic E-state index is 13.6. The number of aliphatic carboxylic acids is 1. The van der Waals surface area contributed by atoms with Crippen LogP contribution in [0.15, 0.2) is 60.7 Å². The summed E-state index contributed by atoms with van der Waals surface area (Å²) in [4.78, 5) is 28.1. The number of likely N-dealkylation sites (N-methyl/N-ethyl adjacent to an activating group) is 1. The summed E-state index contributed by atoms with van der Waals surface area (Å²) < 4.78 is 11.6. The first-order chi connectivity index (χ1) is 17.2. The van der Waals surface area contributed by atoms with E-state index in [0.29, 0.717) is 22.2 Å². The summed E-state index contributed by atoms with van der Waals surface area (Å²) in [5.74, 6) is 0.227. The SMILES string of the molecule is COc1cc2c(cc1OC(C)C)[C@H](c1ccc(Cl)cc1)N(c1ccc(N(C)CC(=O)O)cc1)C(=O)C2. The van der Waals surface area contributed by atoms with Crippen LogP contribution < -0.4 is 19.3 Å². The largest absolute Gasteiger partial charge is 0.493 e. The van der Waals surface area contributed by atoms with Gasteiger partial charge in [-0.2, -0.15) is 0 Å². The Morgan fingerprint density at radius 3 is 2.36 bits per heavy atom. The zero-order chi connectivity index (χ0) is 26.0. The van der Waals surface area contributed by atoms with Crippen molar-refractivity contribution in [2.45, 2.75) is 32.4 Å². The lowest BCUT2D eigenvalue weighted by Gasteiger charge is -2.38. The third-order valence-electron chi connectivity index (χ3n) is 6.08. The molecule has 1 heterocycles. The van der Waals surface area contributed by atoms with E-state index in [1.165, 1.54) is 0 Å². The molecule has 1 N–H and O–H groups in total. The Morgan fingerprint density at radius 1 is 1.11 bits per heavy atom. The van der Waals surface area contributed by atoms with Crippen molar-refractivity contribution in [1.82, 2.24) is 0 Å². The van der Waals surface area contributed by atoms with Crippen LogP contribution in [0.4, 0.5) is 11.4 Å². The summed E-state index contributed by atoms with van der Waals surface area (Å²) in [7, 11) is 3.30. The molecule has 0 aromatic heterocycles. The van der Waals surface area contributed by atoms with E-state index in [0.717, 1.165) is 22.4 Å². The highest BCUT2D eigenvalue weighted by molar-refractivity contribution is 6.30. The van der Waals surface area contributed by atoms with Gasteiger partial charge in [0.25, 0.3) is 0 Å². The van der Waals surface area contributed by atoms with Crippen LogP contribution in [0.3, 0.4) is 0 Å². The van der Waals surface area contributed by atoms with E-state index in [2.05, 4.69) is 0 Å². The van der Waals surface area contributed by atoms with E-state index < -0.39 is 12.0 Å². The number of nitrogens with zero attached hydrogens (tertiary/aromatic N) is 2. The van der Waals surface area contributed by atoms with Gasteiger partial charge in [-0.3, -0.25) is 9.59 Å². The van der Waals surface area contributed by atoms with E-state index in [-0.39, 0.29) is 25.0 Å². The second kappa shape index (κ2) is 10.5. The molecule has 7 nitrogen and oxygen atoms in total. The molecule has 0 fully saturated rings. The Labute approximate surface area is 215 Å². The molecule has 0 radical (unpaired) electrons.